The van der Waals surface area contributed by atoms with Gasteiger partial charge >= 0.3 is 5.97 Å². The maximum atomic E-state index is 12.2. The first-order valence-corrected chi connectivity index (χ1v) is 8.07. The van der Waals surface area contributed by atoms with Crippen LogP contribution in [0.15, 0.2) is 0 Å². The lowest BCUT2D eigenvalue weighted by Crippen LogP contribution is -2.55. The van der Waals surface area contributed by atoms with Crippen LogP contribution in [0.25, 0.3) is 0 Å². The third-order valence-corrected chi connectivity index (χ3v) is 4.08. The molecule has 2 atom stereocenters. The molecule has 0 aliphatic heterocycles. The second-order valence-electron chi connectivity index (χ2n) is 6.33. The Kier molecular flexibility index (Phi) is 6.96. The maximum Gasteiger partial charge on any atom is 0.325 e. The Labute approximate surface area is 124 Å². The number of rotatable bonds is 10. The Balaban J connectivity index is 2.68. The molecular weight excluding hydrogens is 252 g/mol. The Morgan fingerprint density at radius 1 is 1.35 bits per heavy atom. The van der Waals surface area contributed by atoms with E-state index < -0.39 is 5.54 Å². The molecule has 4 nitrogen and oxygen atoms in total. The molecule has 0 spiro atoms. The average molecular weight is 284 g/mol. The standard InChI is InChI=1S/C16H32N2O2/c1-6-10-18(11-7-2)13(3)12-16(4,15(19)20-5)17-14-8-9-14/h13-14,17H,6-12H2,1-5H3. The number of carbonyl (C=O) groups is 1. The molecule has 0 aromatic carbocycles. The smallest absolute Gasteiger partial charge is 0.325 e. The molecule has 0 saturated heterocycles. The van der Waals surface area contributed by atoms with Crippen LogP contribution in [0.2, 0.25) is 0 Å². The van der Waals surface area contributed by atoms with E-state index in [0.717, 1.165) is 32.4 Å². The zero-order chi connectivity index (χ0) is 15.2. The molecule has 1 aliphatic carbocycles. The molecule has 0 radical (unpaired) electrons. The number of hydrogen-bond acceptors (Lipinski definition) is 4. The molecule has 0 heterocycles. The molecule has 1 aliphatic rings. The first-order chi connectivity index (χ1) is 9.46. The van der Waals surface area contributed by atoms with Crippen LogP contribution in [0.1, 0.15) is 59.8 Å². The van der Waals surface area contributed by atoms with Gasteiger partial charge in [-0.15, -0.1) is 0 Å². The van der Waals surface area contributed by atoms with Gasteiger partial charge in [-0.25, -0.2) is 0 Å². The van der Waals surface area contributed by atoms with Crippen LogP contribution in [0, 0.1) is 0 Å². The molecule has 20 heavy (non-hydrogen) atoms. The van der Waals surface area contributed by atoms with Gasteiger partial charge in [0.05, 0.1) is 7.11 Å². The third-order valence-electron chi connectivity index (χ3n) is 4.08. The van der Waals surface area contributed by atoms with Crippen LogP contribution in [-0.2, 0) is 9.53 Å². The van der Waals surface area contributed by atoms with Crippen molar-refractivity contribution in [2.75, 3.05) is 20.2 Å². The summed E-state index contributed by atoms with van der Waals surface area (Å²) >= 11 is 0. The van der Waals surface area contributed by atoms with Crippen molar-refractivity contribution in [2.45, 2.75) is 77.4 Å². The van der Waals surface area contributed by atoms with E-state index in [1.54, 1.807) is 0 Å². The molecule has 1 saturated carbocycles. The lowest BCUT2D eigenvalue weighted by molar-refractivity contribution is -0.149. The Bertz CT molecular complexity index is 299. The summed E-state index contributed by atoms with van der Waals surface area (Å²) in [6, 6.07) is 0.877. The van der Waals surface area contributed by atoms with E-state index in [1.165, 1.54) is 20.0 Å². The Hall–Kier alpha value is -0.610. The monoisotopic (exact) mass is 284 g/mol. The van der Waals surface area contributed by atoms with Gasteiger partial charge in [-0.05, 0) is 59.0 Å². The molecule has 1 rings (SSSR count). The van der Waals surface area contributed by atoms with Crippen molar-refractivity contribution in [3.63, 3.8) is 0 Å². The lowest BCUT2D eigenvalue weighted by Gasteiger charge is -2.36. The number of ether oxygens (including phenoxy) is 1. The highest BCUT2D eigenvalue weighted by atomic mass is 16.5. The van der Waals surface area contributed by atoms with Crippen LogP contribution in [0.4, 0.5) is 0 Å². The highest BCUT2D eigenvalue weighted by Gasteiger charge is 2.41. The van der Waals surface area contributed by atoms with Gasteiger partial charge < -0.3 is 9.64 Å². The lowest BCUT2D eigenvalue weighted by atomic mass is 9.92. The van der Waals surface area contributed by atoms with E-state index in [4.69, 9.17) is 4.74 Å². The molecular formula is C16H32N2O2. The van der Waals surface area contributed by atoms with Crippen molar-refractivity contribution in [2.24, 2.45) is 0 Å². The average Bonchev–Trinajstić information content (AvgIpc) is 3.20. The summed E-state index contributed by atoms with van der Waals surface area (Å²) in [5.74, 6) is -0.135. The van der Waals surface area contributed by atoms with E-state index in [2.05, 4.69) is 31.0 Å². The molecule has 1 fully saturated rings. The number of nitrogens with one attached hydrogen (secondary N) is 1. The molecule has 0 aromatic rings. The van der Waals surface area contributed by atoms with Gasteiger partial charge in [-0.2, -0.15) is 0 Å². The second kappa shape index (κ2) is 7.99. The molecule has 2 unspecified atom stereocenters. The van der Waals surface area contributed by atoms with Crippen molar-refractivity contribution in [3.8, 4) is 0 Å². The summed E-state index contributed by atoms with van der Waals surface area (Å²) in [6.45, 7) is 10.8. The van der Waals surface area contributed by atoms with Crippen LogP contribution in [-0.4, -0.2) is 48.7 Å². The van der Waals surface area contributed by atoms with Gasteiger partial charge in [0.25, 0.3) is 0 Å². The summed E-state index contributed by atoms with van der Waals surface area (Å²) in [5.41, 5.74) is -0.560. The van der Waals surface area contributed by atoms with E-state index in [9.17, 15) is 4.79 Å². The van der Waals surface area contributed by atoms with Gasteiger partial charge in [0.15, 0.2) is 0 Å². The van der Waals surface area contributed by atoms with E-state index in [-0.39, 0.29) is 5.97 Å². The summed E-state index contributed by atoms with van der Waals surface area (Å²) in [7, 11) is 1.48. The van der Waals surface area contributed by atoms with Gasteiger partial charge in [0.2, 0.25) is 0 Å². The maximum absolute atomic E-state index is 12.2. The van der Waals surface area contributed by atoms with Crippen molar-refractivity contribution in [1.82, 2.24) is 10.2 Å². The largest absolute Gasteiger partial charge is 0.468 e. The second-order valence-corrected chi connectivity index (χ2v) is 6.33. The first kappa shape index (κ1) is 17.4. The number of esters is 1. The molecule has 0 amide bonds. The van der Waals surface area contributed by atoms with Gasteiger partial charge in [0.1, 0.15) is 5.54 Å². The zero-order valence-corrected chi connectivity index (χ0v) is 13.9. The molecule has 0 aromatic heterocycles. The SMILES string of the molecule is CCCN(CCC)C(C)CC(C)(NC1CC1)C(=O)OC. The van der Waals surface area contributed by atoms with Crippen molar-refractivity contribution in [3.05, 3.63) is 0 Å². The fraction of sp³-hybridized carbons (Fsp3) is 0.938. The van der Waals surface area contributed by atoms with Crippen LogP contribution >= 0.6 is 0 Å². The van der Waals surface area contributed by atoms with Gasteiger partial charge in [-0.1, -0.05) is 13.8 Å². The fourth-order valence-corrected chi connectivity index (χ4v) is 2.95. The van der Waals surface area contributed by atoms with Crippen LogP contribution < -0.4 is 5.32 Å². The van der Waals surface area contributed by atoms with Gasteiger partial charge in [-0.3, -0.25) is 10.1 Å². The number of carbonyl (C=O) groups excluding carboxylic acids is 1. The fourth-order valence-electron chi connectivity index (χ4n) is 2.95. The quantitative estimate of drug-likeness (QED) is 0.626. The Morgan fingerprint density at radius 2 is 1.90 bits per heavy atom. The minimum atomic E-state index is -0.560. The summed E-state index contributed by atoms with van der Waals surface area (Å²) < 4.78 is 5.02. The topological polar surface area (TPSA) is 41.6 Å². The number of methoxy groups -OCH3 is 1. The Morgan fingerprint density at radius 3 is 2.30 bits per heavy atom. The van der Waals surface area contributed by atoms with Crippen molar-refractivity contribution >= 4 is 5.97 Å². The number of nitrogens with zero attached hydrogens (tertiary/aromatic N) is 1. The minimum absolute atomic E-state index is 0.135. The van der Waals surface area contributed by atoms with Gasteiger partial charge in [0, 0.05) is 12.1 Å². The first-order valence-electron chi connectivity index (χ1n) is 8.07. The van der Waals surface area contributed by atoms with Crippen molar-refractivity contribution in [1.29, 1.82) is 0 Å². The minimum Gasteiger partial charge on any atom is -0.468 e. The summed E-state index contributed by atoms with van der Waals surface area (Å²) in [4.78, 5) is 14.6. The molecule has 118 valence electrons. The summed E-state index contributed by atoms with van der Waals surface area (Å²) in [6.07, 6.45) is 5.45. The molecule has 1 N–H and O–H groups in total. The predicted molar refractivity (Wildman–Crippen MR) is 82.8 cm³/mol. The van der Waals surface area contributed by atoms with E-state index >= 15 is 0 Å². The van der Waals surface area contributed by atoms with Crippen LogP contribution in [0.3, 0.4) is 0 Å². The highest BCUT2D eigenvalue weighted by Crippen LogP contribution is 2.26. The van der Waals surface area contributed by atoms with Crippen molar-refractivity contribution < 1.29 is 9.53 Å². The zero-order valence-electron chi connectivity index (χ0n) is 13.9. The highest BCUT2D eigenvalue weighted by molar-refractivity contribution is 5.80. The molecule has 0 bridgehead atoms. The third kappa shape index (κ3) is 5.06. The van der Waals surface area contributed by atoms with Crippen LogP contribution in [0.5, 0.6) is 0 Å². The normalized spacial score (nSPS) is 19.7. The summed E-state index contributed by atoms with van der Waals surface area (Å²) in [5, 5.41) is 3.49. The van der Waals surface area contributed by atoms with E-state index in [0.29, 0.717) is 12.1 Å². The molecule has 4 heteroatoms. The number of hydrogen-bond donors (Lipinski definition) is 1. The van der Waals surface area contributed by atoms with E-state index in [1.807, 2.05) is 6.92 Å². The predicted octanol–water partition coefficient (Wildman–Crippen LogP) is 2.57.